The first-order valence-electron chi connectivity index (χ1n) is 5.65. The minimum Gasteiger partial charge on any atom is -0.300 e. The Balaban J connectivity index is 2.16. The maximum atomic E-state index is 11.2. The second-order valence-electron chi connectivity index (χ2n) is 3.92. The monoisotopic (exact) mass is 213 g/mol. The van der Waals surface area contributed by atoms with Gasteiger partial charge < -0.3 is 0 Å². The highest BCUT2D eigenvalue weighted by atomic mass is 16.1. The highest BCUT2D eigenvalue weighted by Gasteiger charge is 2.01. The van der Waals surface area contributed by atoms with Gasteiger partial charge in [-0.25, -0.2) is 0 Å². The number of aryl methyl sites for hydroxylation is 1. The molecule has 0 amide bonds. The highest BCUT2D eigenvalue weighted by molar-refractivity contribution is 5.80. The molecule has 0 bridgehead atoms. The molecule has 0 saturated carbocycles. The molecule has 2 heteroatoms. The minimum absolute atomic E-state index is 0.325. The number of pyridine rings is 1. The van der Waals surface area contributed by atoms with E-state index < -0.39 is 0 Å². The van der Waals surface area contributed by atoms with Gasteiger partial charge in [0.25, 0.3) is 0 Å². The number of fused-ring (bicyclic) bond motifs is 1. The number of benzene rings is 1. The lowest BCUT2D eigenvalue weighted by atomic mass is 10.0. The van der Waals surface area contributed by atoms with Crippen LogP contribution >= 0.6 is 0 Å². The number of Topliss-reactive ketones (excluding diaryl/α,β-unsaturated/α-hetero) is 1. The molecule has 1 aromatic carbocycles. The molecule has 2 rings (SSSR count). The predicted molar refractivity (Wildman–Crippen MR) is 65.4 cm³/mol. The number of aromatic nitrogens is 1. The number of rotatable bonds is 4. The van der Waals surface area contributed by atoms with E-state index in [2.05, 4.69) is 17.1 Å². The van der Waals surface area contributed by atoms with Gasteiger partial charge in [-0.05, 0) is 30.2 Å². The Bertz CT molecular complexity index is 505. The van der Waals surface area contributed by atoms with Gasteiger partial charge in [0.05, 0.1) is 5.52 Å². The topological polar surface area (TPSA) is 30.0 Å². The van der Waals surface area contributed by atoms with E-state index in [1.807, 2.05) is 25.1 Å². The molecule has 1 heterocycles. The molecule has 2 nitrogen and oxygen atoms in total. The lowest BCUT2D eigenvalue weighted by molar-refractivity contribution is -0.118. The van der Waals surface area contributed by atoms with Crippen LogP contribution in [-0.2, 0) is 11.2 Å². The van der Waals surface area contributed by atoms with E-state index in [1.165, 1.54) is 5.56 Å². The number of hydrogen-bond acceptors (Lipinski definition) is 2. The molecule has 16 heavy (non-hydrogen) atoms. The molecule has 0 N–H and O–H groups in total. The number of carbonyl (C=O) groups excluding carboxylic acids is 1. The molecule has 2 aromatic rings. The van der Waals surface area contributed by atoms with Crippen molar-refractivity contribution in [3.63, 3.8) is 0 Å². The standard InChI is InChI=1S/C14H15NO/c1-2-13(16)7-5-11-6-8-14-12(10-11)4-3-9-15-14/h3-4,6,8-10H,2,5,7H2,1H3. The molecule has 0 fully saturated rings. The average Bonchev–Trinajstić information content (AvgIpc) is 2.35. The fourth-order valence-corrected chi connectivity index (χ4v) is 1.74. The molecule has 0 radical (unpaired) electrons. The van der Waals surface area contributed by atoms with Crippen LogP contribution in [0.5, 0.6) is 0 Å². The normalized spacial score (nSPS) is 10.6. The third-order valence-electron chi connectivity index (χ3n) is 2.75. The zero-order valence-corrected chi connectivity index (χ0v) is 9.44. The third-order valence-corrected chi connectivity index (χ3v) is 2.75. The number of ketones is 1. The van der Waals surface area contributed by atoms with Crippen molar-refractivity contribution in [3.8, 4) is 0 Å². The summed E-state index contributed by atoms with van der Waals surface area (Å²) < 4.78 is 0. The van der Waals surface area contributed by atoms with Crippen LogP contribution in [-0.4, -0.2) is 10.8 Å². The Kier molecular flexibility index (Phi) is 3.30. The fraction of sp³-hybridized carbons (Fsp3) is 0.286. The summed E-state index contributed by atoms with van der Waals surface area (Å²) in [6.07, 6.45) is 3.90. The quantitative estimate of drug-likeness (QED) is 0.781. The summed E-state index contributed by atoms with van der Waals surface area (Å²) in [4.78, 5) is 15.5. The molecular formula is C14H15NO. The van der Waals surface area contributed by atoms with E-state index in [0.717, 1.165) is 17.3 Å². The van der Waals surface area contributed by atoms with Gasteiger partial charge in [-0.15, -0.1) is 0 Å². The van der Waals surface area contributed by atoms with Crippen LogP contribution in [0.1, 0.15) is 25.3 Å². The molecule has 0 saturated heterocycles. The lowest BCUT2D eigenvalue weighted by Gasteiger charge is -2.02. The van der Waals surface area contributed by atoms with Gasteiger partial charge in [0.15, 0.2) is 0 Å². The summed E-state index contributed by atoms with van der Waals surface area (Å²) in [7, 11) is 0. The van der Waals surface area contributed by atoms with Crippen LogP contribution in [0, 0.1) is 0 Å². The Morgan fingerprint density at radius 1 is 1.31 bits per heavy atom. The van der Waals surface area contributed by atoms with Crippen LogP contribution in [0.3, 0.4) is 0 Å². The second kappa shape index (κ2) is 4.88. The summed E-state index contributed by atoms with van der Waals surface area (Å²) in [6.45, 7) is 1.91. The van der Waals surface area contributed by atoms with E-state index in [9.17, 15) is 4.79 Å². The number of nitrogens with zero attached hydrogens (tertiary/aromatic N) is 1. The van der Waals surface area contributed by atoms with Crippen molar-refractivity contribution >= 4 is 16.7 Å². The van der Waals surface area contributed by atoms with E-state index in [1.54, 1.807) is 6.20 Å². The third kappa shape index (κ3) is 2.45. The Labute approximate surface area is 95.3 Å². The van der Waals surface area contributed by atoms with E-state index in [-0.39, 0.29) is 0 Å². The Morgan fingerprint density at radius 3 is 3.00 bits per heavy atom. The summed E-state index contributed by atoms with van der Waals surface area (Å²) in [5, 5.41) is 1.14. The molecule has 0 unspecified atom stereocenters. The molecule has 0 aliphatic rings. The van der Waals surface area contributed by atoms with E-state index in [4.69, 9.17) is 0 Å². The predicted octanol–water partition coefficient (Wildman–Crippen LogP) is 3.15. The zero-order valence-electron chi connectivity index (χ0n) is 9.44. The van der Waals surface area contributed by atoms with Crippen LogP contribution in [0.25, 0.3) is 10.9 Å². The first-order valence-corrected chi connectivity index (χ1v) is 5.65. The largest absolute Gasteiger partial charge is 0.300 e. The molecule has 82 valence electrons. The molecule has 0 atom stereocenters. The Hall–Kier alpha value is -1.70. The highest BCUT2D eigenvalue weighted by Crippen LogP contribution is 2.14. The second-order valence-corrected chi connectivity index (χ2v) is 3.92. The van der Waals surface area contributed by atoms with Crippen molar-refractivity contribution < 1.29 is 4.79 Å². The van der Waals surface area contributed by atoms with Gasteiger partial charge >= 0.3 is 0 Å². The SMILES string of the molecule is CCC(=O)CCc1ccc2ncccc2c1. The van der Waals surface area contributed by atoms with Crippen LogP contribution in [0.4, 0.5) is 0 Å². The van der Waals surface area contributed by atoms with Gasteiger partial charge in [0, 0.05) is 24.4 Å². The van der Waals surface area contributed by atoms with Gasteiger partial charge in [0.2, 0.25) is 0 Å². The molecule has 0 aliphatic carbocycles. The van der Waals surface area contributed by atoms with Crippen molar-refractivity contribution in [1.82, 2.24) is 4.98 Å². The molecule has 0 aliphatic heterocycles. The first kappa shape index (κ1) is 10.8. The summed E-state index contributed by atoms with van der Waals surface area (Å²) >= 11 is 0. The average molecular weight is 213 g/mol. The van der Waals surface area contributed by atoms with Crippen molar-refractivity contribution in [2.24, 2.45) is 0 Å². The number of carbonyl (C=O) groups is 1. The smallest absolute Gasteiger partial charge is 0.132 e. The van der Waals surface area contributed by atoms with Crippen LogP contribution < -0.4 is 0 Å². The number of hydrogen-bond donors (Lipinski definition) is 0. The van der Waals surface area contributed by atoms with Gasteiger partial charge in [-0.1, -0.05) is 19.1 Å². The molecule has 0 spiro atoms. The molecule has 1 aromatic heterocycles. The zero-order chi connectivity index (χ0) is 11.4. The maximum Gasteiger partial charge on any atom is 0.132 e. The van der Waals surface area contributed by atoms with Crippen molar-refractivity contribution in [3.05, 3.63) is 42.1 Å². The van der Waals surface area contributed by atoms with E-state index in [0.29, 0.717) is 18.6 Å². The van der Waals surface area contributed by atoms with Crippen molar-refractivity contribution in [1.29, 1.82) is 0 Å². The van der Waals surface area contributed by atoms with Gasteiger partial charge in [0.1, 0.15) is 5.78 Å². The lowest BCUT2D eigenvalue weighted by Crippen LogP contribution is -1.97. The molecular weight excluding hydrogens is 198 g/mol. The maximum absolute atomic E-state index is 11.2. The fourth-order valence-electron chi connectivity index (χ4n) is 1.74. The van der Waals surface area contributed by atoms with Crippen LogP contribution in [0.2, 0.25) is 0 Å². The van der Waals surface area contributed by atoms with Crippen LogP contribution in [0.15, 0.2) is 36.5 Å². The summed E-state index contributed by atoms with van der Waals surface area (Å²) in [6, 6.07) is 10.2. The summed E-state index contributed by atoms with van der Waals surface area (Å²) in [5.41, 5.74) is 2.22. The van der Waals surface area contributed by atoms with Gasteiger partial charge in [-0.2, -0.15) is 0 Å². The first-order chi connectivity index (χ1) is 7.79. The van der Waals surface area contributed by atoms with E-state index >= 15 is 0 Å². The minimum atomic E-state index is 0.325. The van der Waals surface area contributed by atoms with Crippen molar-refractivity contribution in [2.45, 2.75) is 26.2 Å². The Morgan fingerprint density at radius 2 is 2.19 bits per heavy atom. The van der Waals surface area contributed by atoms with Gasteiger partial charge in [-0.3, -0.25) is 9.78 Å². The van der Waals surface area contributed by atoms with Crippen molar-refractivity contribution in [2.75, 3.05) is 0 Å². The summed E-state index contributed by atoms with van der Waals surface area (Å²) in [5.74, 6) is 0.325.